The van der Waals surface area contributed by atoms with Crippen molar-refractivity contribution in [2.45, 2.75) is 41.5 Å². The standard InChI is InChI=1S/C22H21NO2.C3H6.C2H6/c1-4-15(2)21-14-20(17-9-6-5-7-10-17)16(3)23(21)19-12-8-11-18(13-19)22(24)25;1-3-2;1-2/h4-14H,1-3H3,(H,24,25);3H,1H2,2H3;1-2H3/b15-4+;;. The Labute approximate surface area is 181 Å². The molecule has 1 aromatic heterocycles. The average Bonchev–Trinajstić information content (AvgIpc) is 3.13. The number of aromatic carboxylic acids is 1. The molecule has 0 aliphatic carbocycles. The second-order valence-corrected chi connectivity index (χ2v) is 6.47. The molecule has 0 radical (unpaired) electrons. The van der Waals surface area contributed by atoms with Gasteiger partial charge in [0.05, 0.1) is 5.56 Å². The minimum Gasteiger partial charge on any atom is -0.478 e. The molecule has 0 fully saturated rings. The summed E-state index contributed by atoms with van der Waals surface area (Å²) in [7, 11) is 0. The predicted molar refractivity (Wildman–Crippen MR) is 129 cm³/mol. The van der Waals surface area contributed by atoms with Crippen molar-refractivity contribution in [2.75, 3.05) is 0 Å². The van der Waals surface area contributed by atoms with Crippen LogP contribution in [0.2, 0.25) is 0 Å². The summed E-state index contributed by atoms with van der Waals surface area (Å²) in [5.74, 6) is -0.917. The fourth-order valence-corrected chi connectivity index (χ4v) is 3.07. The molecule has 158 valence electrons. The summed E-state index contributed by atoms with van der Waals surface area (Å²) >= 11 is 0. The van der Waals surface area contributed by atoms with Crippen molar-refractivity contribution in [1.82, 2.24) is 4.57 Å². The highest BCUT2D eigenvalue weighted by Crippen LogP contribution is 2.33. The third kappa shape index (κ3) is 5.84. The molecule has 0 aliphatic rings. The van der Waals surface area contributed by atoms with E-state index in [1.165, 1.54) is 0 Å². The number of hydrogen-bond donors (Lipinski definition) is 1. The fourth-order valence-electron chi connectivity index (χ4n) is 3.07. The van der Waals surface area contributed by atoms with Gasteiger partial charge in [0.2, 0.25) is 0 Å². The van der Waals surface area contributed by atoms with Gasteiger partial charge in [0.25, 0.3) is 0 Å². The van der Waals surface area contributed by atoms with E-state index < -0.39 is 5.97 Å². The van der Waals surface area contributed by atoms with Crippen LogP contribution in [-0.4, -0.2) is 15.6 Å². The number of benzene rings is 2. The second-order valence-electron chi connectivity index (χ2n) is 6.47. The molecule has 3 rings (SSSR count). The Morgan fingerprint density at radius 1 is 1.00 bits per heavy atom. The van der Waals surface area contributed by atoms with Gasteiger partial charge in [-0.25, -0.2) is 4.79 Å². The van der Waals surface area contributed by atoms with Crippen molar-refractivity contribution in [3.63, 3.8) is 0 Å². The van der Waals surface area contributed by atoms with Crippen molar-refractivity contribution in [2.24, 2.45) is 0 Å². The summed E-state index contributed by atoms with van der Waals surface area (Å²) in [5.41, 5.74) is 6.75. The Balaban J connectivity index is 0.000000826. The highest BCUT2D eigenvalue weighted by molar-refractivity contribution is 5.88. The molecule has 0 aliphatic heterocycles. The van der Waals surface area contributed by atoms with E-state index in [0.717, 1.165) is 33.8 Å². The van der Waals surface area contributed by atoms with E-state index in [-0.39, 0.29) is 5.56 Å². The summed E-state index contributed by atoms with van der Waals surface area (Å²) in [5, 5.41) is 9.31. The van der Waals surface area contributed by atoms with E-state index in [0.29, 0.717) is 0 Å². The van der Waals surface area contributed by atoms with Crippen molar-refractivity contribution in [3.8, 4) is 16.8 Å². The number of carbonyl (C=O) groups is 1. The quantitative estimate of drug-likeness (QED) is 0.452. The average molecular weight is 404 g/mol. The molecule has 0 unspecified atom stereocenters. The van der Waals surface area contributed by atoms with Crippen LogP contribution in [0.15, 0.2) is 79.4 Å². The first-order valence-corrected chi connectivity index (χ1v) is 10.3. The van der Waals surface area contributed by atoms with Gasteiger partial charge < -0.3 is 9.67 Å². The van der Waals surface area contributed by atoms with Crippen LogP contribution >= 0.6 is 0 Å². The summed E-state index contributed by atoms with van der Waals surface area (Å²) in [6, 6.07) is 19.5. The number of allylic oxidation sites excluding steroid dienone is 3. The minimum atomic E-state index is -0.917. The molecule has 0 bridgehead atoms. The van der Waals surface area contributed by atoms with Crippen LogP contribution in [0, 0.1) is 6.92 Å². The molecular weight excluding hydrogens is 370 g/mol. The number of hydrogen-bond acceptors (Lipinski definition) is 1. The maximum atomic E-state index is 11.4. The Morgan fingerprint density at radius 2 is 1.60 bits per heavy atom. The molecule has 2 aromatic carbocycles. The molecule has 3 heteroatoms. The largest absolute Gasteiger partial charge is 0.478 e. The summed E-state index contributed by atoms with van der Waals surface area (Å²) in [4.78, 5) is 11.4. The zero-order valence-electron chi connectivity index (χ0n) is 18.9. The number of aromatic nitrogens is 1. The summed E-state index contributed by atoms with van der Waals surface area (Å²) < 4.78 is 2.13. The smallest absolute Gasteiger partial charge is 0.335 e. The van der Waals surface area contributed by atoms with Crippen LogP contribution in [0.5, 0.6) is 0 Å². The molecule has 1 N–H and O–H groups in total. The number of carboxylic acid groups (broad SMARTS) is 1. The van der Waals surface area contributed by atoms with E-state index in [2.05, 4.69) is 49.3 Å². The van der Waals surface area contributed by atoms with Gasteiger partial charge in [-0.05, 0) is 63.1 Å². The van der Waals surface area contributed by atoms with E-state index >= 15 is 0 Å². The third-order valence-corrected chi connectivity index (χ3v) is 4.52. The number of nitrogens with zero attached hydrogens (tertiary/aromatic N) is 1. The highest BCUT2D eigenvalue weighted by Gasteiger charge is 2.16. The minimum absolute atomic E-state index is 0.288. The molecule has 0 spiro atoms. The molecule has 3 aromatic rings. The molecule has 0 saturated carbocycles. The lowest BCUT2D eigenvalue weighted by atomic mass is 10.1. The SMILES string of the molecule is C/C=C(\C)c1cc(-c2ccccc2)c(C)n1-c1cccc(C(=O)O)c1.C=CC.CC. The summed E-state index contributed by atoms with van der Waals surface area (Å²) in [6.07, 6.45) is 3.82. The lowest BCUT2D eigenvalue weighted by Gasteiger charge is -2.13. The second kappa shape index (κ2) is 12.3. The Hall–Kier alpha value is -3.33. The fraction of sp³-hybridized carbons (Fsp3) is 0.222. The van der Waals surface area contributed by atoms with E-state index in [4.69, 9.17) is 0 Å². The molecule has 3 nitrogen and oxygen atoms in total. The van der Waals surface area contributed by atoms with Crippen LogP contribution in [0.1, 0.15) is 56.4 Å². The van der Waals surface area contributed by atoms with Gasteiger partial charge in [-0.3, -0.25) is 0 Å². The van der Waals surface area contributed by atoms with Crippen LogP contribution in [0.4, 0.5) is 0 Å². The van der Waals surface area contributed by atoms with Gasteiger partial charge in [-0.2, -0.15) is 0 Å². The van der Waals surface area contributed by atoms with Crippen LogP contribution in [0.3, 0.4) is 0 Å². The summed E-state index contributed by atoms with van der Waals surface area (Å²) in [6.45, 7) is 15.4. The van der Waals surface area contributed by atoms with Gasteiger partial charge in [0.1, 0.15) is 0 Å². The maximum absolute atomic E-state index is 11.4. The molecule has 30 heavy (non-hydrogen) atoms. The van der Waals surface area contributed by atoms with E-state index in [9.17, 15) is 9.90 Å². The first-order chi connectivity index (χ1) is 14.4. The van der Waals surface area contributed by atoms with Gasteiger partial charge in [-0.1, -0.05) is 62.4 Å². The van der Waals surface area contributed by atoms with Crippen molar-refractivity contribution < 1.29 is 9.90 Å². The zero-order chi connectivity index (χ0) is 22.7. The normalized spacial score (nSPS) is 10.3. The van der Waals surface area contributed by atoms with E-state index in [1.54, 1.807) is 24.3 Å². The highest BCUT2D eigenvalue weighted by atomic mass is 16.4. The van der Waals surface area contributed by atoms with Gasteiger partial charge >= 0.3 is 5.97 Å². The molecular formula is C27H33NO2. The first-order valence-electron chi connectivity index (χ1n) is 10.3. The Bertz CT molecular complexity index is 995. The zero-order valence-corrected chi connectivity index (χ0v) is 18.9. The van der Waals surface area contributed by atoms with Gasteiger partial charge in [0.15, 0.2) is 0 Å². The third-order valence-electron chi connectivity index (χ3n) is 4.52. The van der Waals surface area contributed by atoms with Gasteiger partial charge in [0, 0.05) is 22.6 Å². The molecule has 0 atom stereocenters. The maximum Gasteiger partial charge on any atom is 0.335 e. The van der Waals surface area contributed by atoms with E-state index in [1.807, 2.05) is 52.0 Å². The molecule has 0 amide bonds. The van der Waals surface area contributed by atoms with Crippen LogP contribution in [0.25, 0.3) is 22.4 Å². The first kappa shape index (κ1) is 24.7. The Kier molecular flexibility index (Phi) is 10.1. The Morgan fingerprint density at radius 3 is 2.13 bits per heavy atom. The van der Waals surface area contributed by atoms with Crippen LogP contribution in [-0.2, 0) is 0 Å². The lowest BCUT2D eigenvalue weighted by Crippen LogP contribution is -2.04. The topological polar surface area (TPSA) is 42.2 Å². The lowest BCUT2D eigenvalue weighted by molar-refractivity contribution is 0.0697. The van der Waals surface area contributed by atoms with Crippen molar-refractivity contribution in [1.29, 1.82) is 0 Å². The number of carboxylic acids is 1. The monoisotopic (exact) mass is 403 g/mol. The van der Waals surface area contributed by atoms with Gasteiger partial charge in [-0.15, -0.1) is 6.58 Å². The molecule has 0 saturated heterocycles. The van der Waals surface area contributed by atoms with Crippen LogP contribution < -0.4 is 0 Å². The predicted octanol–water partition coefficient (Wildman–Crippen LogP) is 7.79. The molecule has 1 heterocycles. The number of rotatable bonds is 4. The van der Waals surface area contributed by atoms with Crippen molar-refractivity contribution >= 4 is 11.5 Å². The van der Waals surface area contributed by atoms with Crippen molar-refractivity contribution in [3.05, 3.63) is 96.3 Å².